The molecule has 1 saturated heterocycles. The van der Waals surface area contributed by atoms with Gasteiger partial charge in [-0.25, -0.2) is 0 Å². The normalized spacial score (nSPS) is 23.1. The van der Waals surface area contributed by atoms with E-state index in [1.165, 1.54) is 6.42 Å². The molecule has 1 aliphatic rings. The highest BCUT2D eigenvalue weighted by Gasteiger charge is 2.27. The van der Waals surface area contributed by atoms with E-state index in [9.17, 15) is 13.2 Å². The zero-order valence-electron chi connectivity index (χ0n) is 10.2. The van der Waals surface area contributed by atoms with Gasteiger partial charge in [-0.3, -0.25) is 0 Å². The first-order chi connectivity index (χ1) is 7.29. The highest BCUT2D eigenvalue weighted by molar-refractivity contribution is 4.76. The van der Waals surface area contributed by atoms with Gasteiger partial charge in [-0.15, -0.1) is 0 Å². The molecule has 16 heavy (non-hydrogen) atoms. The van der Waals surface area contributed by atoms with Gasteiger partial charge in [0, 0.05) is 6.42 Å². The molecule has 1 nitrogen and oxygen atoms in total. The molecule has 0 aromatic heterocycles. The fourth-order valence-corrected chi connectivity index (χ4v) is 2.21. The highest BCUT2D eigenvalue weighted by Crippen LogP contribution is 2.30. The number of hydrogen-bond donors (Lipinski definition) is 0. The SMILES string of the molecule is CC1(C)CCCN(CCCC(F)(F)F)CC1. The Morgan fingerprint density at radius 3 is 2.44 bits per heavy atom. The monoisotopic (exact) mass is 237 g/mol. The van der Waals surface area contributed by atoms with Crippen LogP contribution in [-0.4, -0.2) is 30.7 Å². The molecule has 0 radical (unpaired) electrons. The molecule has 0 amide bonds. The number of likely N-dealkylation sites (tertiary alicyclic amines) is 1. The first-order valence-electron chi connectivity index (χ1n) is 6.08. The van der Waals surface area contributed by atoms with Gasteiger partial charge in [0.2, 0.25) is 0 Å². The van der Waals surface area contributed by atoms with E-state index in [2.05, 4.69) is 18.7 Å². The molecule has 4 heteroatoms. The summed E-state index contributed by atoms with van der Waals surface area (Å²) in [6.45, 7) is 6.99. The third kappa shape index (κ3) is 5.73. The second kappa shape index (κ2) is 5.39. The summed E-state index contributed by atoms with van der Waals surface area (Å²) in [6, 6.07) is 0. The Balaban J connectivity index is 2.23. The van der Waals surface area contributed by atoms with E-state index >= 15 is 0 Å². The molecule has 0 bridgehead atoms. The summed E-state index contributed by atoms with van der Waals surface area (Å²) >= 11 is 0. The Labute approximate surface area is 96.0 Å². The summed E-state index contributed by atoms with van der Waals surface area (Å²) in [6.07, 6.45) is -1.01. The molecular formula is C12H22F3N. The number of halogens is 3. The fraction of sp³-hybridized carbons (Fsp3) is 1.00. The van der Waals surface area contributed by atoms with Gasteiger partial charge in [0.15, 0.2) is 0 Å². The third-order valence-electron chi connectivity index (χ3n) is 3.37. The molecule has 0 atom stereocenters. The summed E-state index contributed by atoms with van der Waals surface area (Å²) in [7, 11) is 0. The number of rotatable bonds is 3. The molecule has 1 heterocycles. The van der Waals surface area contributed by atoms with Gasteiger partial charge < -0.3 is 4.90 Å². The van der Waals surface area contributed by atoms with E-state index in [0.717, 1.165) is 25.9 Å². The average molecular weight is 237 g/mol. The predicted molar refractivity (Wildman–Crippen MR) is 59.4 cm³/mol. The standard InChI is InChI=1S/C12H22F3N/c1-11(2)5-3-8-16(10-7-11)9-4-6-12(13,14)15/h3-10H2,1-2H3. The molecule has 1 aliphatic heterocycles. The van der Waals surface area contributed by atoms with Gasteiger partial charge in [-0.1, -0.05) is 13.8 Å². The molecular weight excluding hydrogens is 215 g/mol. The second-order valence-corrected chi connectivity index (χ2v) is 5.58. The Hall–Kier alpha value is -0.250. The van der Waals surface area contributed by atoms with Crippen molar-refractivity contribution in [2.75, 3.05) is 19.6 Å². The van der Waals surface area contributed by atoms with E-state index in [0.29, 0.717) is 12.0 Å². The van der Waals surface area contributed by atoms with Crippen molar-refractivity contribution < 1.29 is 13.2 Å². The molecule has 0 aromatic rings. The van der Waals surface area contributed by atoms with Crippen molar-refractivity contribution in [1.29, 1.82) is 0 Å². The molecule has 0 spiro atoms. The van der Waals surface area contributed by atoms with Gasteiger partial charge in [0.25, 0.3) is 0 Å². The van der Waals surface area contributed by atoms with Gasteiger partial charge in [0.05, 0.1) is 0 Å². The Bertz CT molecular complexity index is 211. The molecule has 1 rings (SSSR count). The maximum atomic E-state index is 12.0. The summed E-state index contributed by atoms with van der Waals surface area (Å²) < 4.78 is 36.0. The quantitative estimate of drug-likeness (QED) is 0.720. The second-order valence-electron chi connectivity index (χ2n) is 5.58. The van der Waals surface area contributed by atoms with Crippen LogP contribution in [0, 0.1) is 5.41 Å². The van der Waals surface area contributed by atoms with E-state index in [1.54, 1.807) is 0 Å². The first-order valence-corrected chi connectivity index (χ1v) is 6.08. The van der Waals surface area contributed by atoms with Crippen molar-refractivity contribution in [2.45, 2.75) is 52.1 Å². The highest BCUT2D eigenvalue weighted by atomic mass is 19.4. The van der Waals surface area contributed by atoms with Crippen LogP contribution in [0.25, 0.3) is 0 Å². The summed E-state index contributed by atoms with van der Waals surface area (Å²) in [5, 5.41) is 0. The molecule has 0 aliphatic carbocycles. The van der Waals surface area contributed by atoms with Crippen LogP contribution in [0.2, 0.25) is 0 Å². The Kier molecular flexibility index (Phi) is 4.65. The Morgan fingerprint density at radius 2 is 1.81 bits per heavy atom. The van der Waals surface area contributed by atoms with Crippen LogP contribution < -0.4 is 0 Å². The maximum Gasteiger partial charge on any atom is 0.389 e. The van der Waals surface area contributed by atoms with Crippen LogP contribution >= 0.6 is 0 Å². The molecule has 1 fully saturated rings. The van der Waals surface area contributed by atoms with Crippen LogP contribution in [-0.2, 0) is 0 Å². The fourth-order valence-electron chi connectivity index (χ4n) is 2.21. The van der Waals surface area contributed by atoms with E-state index < -0.39 is 12.6 Å². The largest absolute Gasteiger partial charge is 0.389 e. The zero-order chi connectivity index (χ0) is 12.2. The first kappa shape index (κ1) is 13.8. The number of hydrogen-bond acceptors (Lipinski definition) is 1. The van der Waals surface area contributed by atoms with Crippen LogP contribution in [0.1, 0.15) is 46.0 Å². The van der Waals surface area contributed by atoms with Gasteiger partial charge in [-0.05, 0) is 50.7 Å². The number of nitrogens with zero attached hydrogens (tertiary/aromatic N) is 1. The summed E-state index contributed by atoms with van der Waals surface area (Å²) in [4.78, 5) is 2.18. The van der Waals surface area contributed by atoms with Gasteiger partial charge in [-0.2, -0.15) is 13.2 Å². The predicted octanol–water partition coefficient (Wildman–Crippen LogP) is 3.84. The van der Waals surface area contributed by atoms with Crippen molar-refractivity contribution in [3.63, 3.8) is 0 Å². The van der Waals surface area contributed by atoms with E-state index in [1.807, 2.05) is 0 Å². The molecule has 0 N–H and O–H groups in total. The zero-order valence-corrected chi connectivity index (χ0v) is 10.2. The van der Waals surface area contributed by atoms with Crippen LogP contribution in [0.15, 0.2) is 0 Å². The molecule has 0 saturated carbocycles. The van der Waals surface area contributed by atoms with Crippen LogP contribution in [0.3, 0.4) is 0 Å². The van der Waals surface area contributed by atoms with Crippen LogP contribution in [0.4, 0.5) is 13.2 Å². The van der Waals surface area contributed by atoms with Gasteiger partial charge >= 0.3 is 6.18 Å². The maximum absolute atomic E-state index is 12.0. The van der Waals surface area contributed by atoms with Crippen molar-refractivity contribution in [1.82, 2.24) is 4.90 Å². The van der Waals surface area contributed by atoms with E-state index in [-0.39, 0.29) is 6.42 Å². The smallest absolute Gasteiger partial charge is 0.303 e. The lowest BCUT2D eigenvalue weighted by molar-refractivity contribution is -0.136. The topological polar surface area (TPSA) is 3.24 Å². The van der Waals surface area contributed by atoms with Crippen molar-refractivity contribution in [2.24, 2.45) is 5.41 Å². The minimum Gasteiger partial charge on any atom is -0.303 e. The van der Waals surface area contributed by atoms with Crippen molar-refractivity contribution >= 4 is 0 Å². The molecule has 96 valence electrons. The van der Waals surface area contributed by atoms with E-state index in [4.69, 9.17) is 0 Å². The lowest BCUT2D eigenvalue weighted by atomic mass is 9.85. The van der Waals surface area contributed by atoms with Crippen LogP contribution in [0.5, 0.6) is 0 Å². The number of alkyl halides is 3. The molecule has 0 unspecified atom stereocenters. The Morgan fingerprint density at radius 1 is 1.12 bits per heavy atom. The minimum atomic E-state index is -3.99. The lowest BCUT2D eigenvalue weighted by Gasteiger charge is -2.23. The third-order valence-corrected chi connectivity index (χ3v) is 3.37. The minimum absolute atomic E-state index is 0.240. The van der Waals surface area contributed by atoms with Crippen molar-refractivity contribution in [3.8, 4) is 0 Å². The van der Waals surface area contributed by atoms with Crippen molar-refractivity contribution in [3.05, 3.63) is 0 Å². The summed E-state index contributed by atoms with van der Waals surface area (Å²) in [5.41, 5.74) is 0.360. The molecule has 0 aromatic carbocycles. The lowest BCUT2D eigenvalue weighted by Crippen LogP contribution is -2.27. The summed E-state index contributed by atoms with van der Waals surface area (Å²) in [5.74, 6) is 0. The van der Waals surface area contributed by atoms with Gasteiger partial charge in [0.1, 0.15) is 0 Å². The average Bonchev–Trinajstić information content (AvgIpc) is 2.26.